The maximum atomic E-state index is 5.95. The minimum atomic E-state index is 0.437. The minimum Gasteiger partial charge on any atom is -0.454 e. The highest BCUT2D eigenvalue weighted by Crippen LogP contribution is 2.28. The van der Waals surface area contributed by atoms with Crippen LogP contribution in [0.25, 0.3) is 22.4 Å². The number of nitrogens with zero attached hydrogens (tertiary/aromatic N) is 3. The van der Waals surface area contributed by atoms with Crippen LogP contribution in [0, 0.1) is 0 Å². The van der Waals surface area contributed by atoms with Crippen molar-refractivity contribution in [3.63, 3.8) is 0 Å². The molecule has 6 nitrogen and oxygen atoms in total. The van der Waals surface area contributed by atoms with Crippen molar-refractivity contribution in [1.29, 1.82) is 0 Å². The molecular weight excluding hydrogens is 280 g/mol. The summed E-state index contributed by atoms with van der Waals surface area (Å²) in [5.41, 5.74) is 7.48. The summed E-state index contributed by atoms with van der Waals surface area (Å²) in [7, 11) is 0. The molecule has 0 spiro atoms. The van der Waals surface area contributed by atoms with Crippen molar-refractivity contribution >= 4 is 22.7 Å². The molecule has 0 aliphatic carbocycles. The Morgan fingerprint density at radius 1 is 1.05 bits per heavy atom. The van der Waals surface area contributed by atoms with Gasteiger partial charge >= 0.3 is 0 Å². The largest absolute Gasteiger partial charge is 0.454 e. The summed E-state index contributed by atoms with van der Waals surface area (Å²) in [5, 5.41) is 1.04. The molecule has 4 rings (SSSR count). The van der Waals surface area contributed by atoms with Crippen LogP contribution < -0.4 is 10.6 Å². The van der Waals surface area contributed by atoms with Gasteiger partial charge in [-0.3, -0.25) is 0 Å². The number of nitrogen functional groups attached to an aromatic ring is 1. The smallest absolute Gasteiger partial charge is 0.228 e. The Morgan fingerprint density at radius 2 is 1.86 bits per heavy atom. The highest BCUT2D eigenvalue weighted by Gasteiger charge is 2.17. The molecule has 0 radical (unpaired) electrons. The van der Waals surface area contributed by atoms with Gasteiger partial charge in [-0.05, 0) is 12.1 Å². The van der Waals surface area contributed by atoms with E-state index in [-0.39, 0.29) is 0 Å². The number of morpholine rings is 1. The first-order chi connectivity index (χ1) is 10.8. The van der Waals surface area contributed by atoms with Crippen molar-refractivity contribution < 1.29 is 9.15 Å². The van der Waals surface area contributed by atoms with E-state index in [0.717, 1.165) is 24.1 Å². The number of fused-ring (bicyclic) bond motifs is 1. The fourth-order valence-electron chi connectivity index (χ4n) is 2.59. The van der Waals surface area contributed by atoms with E-state index in [4.69, 9.17) is 14.9 Å². The third-order valence-corrected chi connectivity index (χ3v) is 3.71. The van der Waals surface area contributed by atoms with Crippen molar-refractivity contribution in [2.24, 2.45) is 0 Å². The fourth-order valence-corrected chi connectivity index (χ4v) is 2.59. The molecule has 22 heavy (non-hydrogen) atoms. The zero-order valence-corrected chi connectivity index (χ0v) is 12.0. The maximum Gasteiger partial charge on any atom is 0.228 e. The van der Waals surface area contributed by atoms with Gasteiger partial charge in [0.2, 0.25) is 5.95 Å². The van der Waals surface area contributed by atoms with Crippen molar-refractivity contribution in [1.82, 2.24) is 9.97 Å². The molecule has 1 aliphatic heterocycles. The summed E-state index contributed by atoms with van der Waals surface area (Å²) in [6.45, 7) is 2.89. The molecular formula is C16H16N4O2. The van der Waals surface area contributed by atoms with Gasteiger partial charge in [0.05, 0.1) is 13.2 Å². The Hall–Kier alpha value is -2.60. The SMILES string of the molecule is Nc1cc(-c2cc3ccccc3o2)nc(N2CCOCC2)n1. The Balaban J connectivity index is 1.75. The normalized spacial score (nSPS) is 15.4. The second-order valence-electron chi connectivity index (χ2n) is 5.23. The molecule has 1 aromatic carbocycles. The molecule has 6 heteroatoms. The van der Waals surface area contributed by atoms with Gasteiger partial charge in [-0.25, -0.2) is 4.98 Å². The monoisotopic (exact) mass is 296 g/mol. The topological polar surface area (TPSA) is 77.4 Å². The van der Waals surface area contributed by atoms with Crippen LogP contribution in [0.5, 0.6) is 0 Å². The van der Waals surface area contributed by atoms with E-state index in [9.17, 15) is 0 Å². The molecule has 3 aromatic rings. The molecule has 112 valence electrons. The van der Waals surface area contributed by atoms with E-state index < -0.39 is 0 Å². The number of benzene rings is 1. The van der Waals surface area contributed by atoms with Crippen LogP contribution in [0.15, 0.2) is 40.8 Å². The summed E-state index contributed by atoms with van der Waals surface area (Å²) in [6, 6.07) is 11.6. The van der Waals surface area contributed by atoms with Crippen LogP contribution in [0.4, 0.5) is 11.8 Å². The van der Waals surface area contributed by atoms with E-state index in [1.807, 2.05) is 30.3 Å². The summed E-state index contributed by atoms with van der Waals surface area (Å²) in [6.07, 6.45) is 0. The standard InChI is InChI=1S/C16H16N4O2/c17-15-10-12(14-9-11-3-1-2-4-13(11)22-14)18-16(19-15)20-5-7-21-8-6-20/h1-4,9-10H,5-8H2,(H2,17,18,19). The van der Waals surface area contributed by atoms with Crippen molar-refractivity contribution in [2.45, 2.75) is 0 Å². The molecule has 0 unspecified atom stereocenters. The van der Waals surface area contributed by atoms with Crippen LogP contribution in [0.3, 0.4) is 0 Å². The van der Waals surface area contributed by atoms with Gasteiger partial charge in [0.1, 0.15) is 17.1 Å². The van der Waals surface area contributed by atoms with Crippen LogP contribution >= 0.6 is 0 Å². The van der Waals surface area contributed by atoms with Gasteiger partial charge in [0, 0.05) is 24.5 Å². The molecule has 2 N–H and O–H groups in total. The minimum absolute atomic E-state index is 0.437. The van der Waals surface area contributed by atoms with Gasteiger partial charge in [-0.15, -0.1) is 0 Å². The number of nitrogens with two attached hydrogens (primary N) is 1. The first-order valence-corrected chi connectivity index (χ1v) is 7.26. The van der Waals surface area contributed by atoms with Gasteiger partial charge in [-0.2, -0.15) is 4.98 Å². The summed E-state index contributed by atoms with van der Waals surface area (Å²) in [4.78, 5) is 11.0. The Bertz CT molecular complexity index is 776. The number of ether oxygens (including phenoxy) is 1. The molecule has 1 aliphatic rings. The number of anilines is 2. The zero-order chi connectivity index (χ0) is 14.9. The lowest BCUT2D eigenvalue weighted by Crippen LogP contribution is -2.37. The van der Waals surface area contributed by atoms with Crippen molar-refractivity contribution in [3.8, 4) is 11.5 Å². The van der Waals surface area contributed by atoms with Crippen LogP contribution in [-0.2, 0) is 4.74 Å². The Labute approximate surface area is 127 Å². The van der Waals surface area contributed by atoms with E-state index in [2.05, 4.69) is 14.9 Å². The average molecular weight is 296 g/mol. The lowest BCUT2D eigenvalue weighted by molar-refractivity contribution is 0.122. The quantitative estimate of drug-likeness (QED) is 0.782. The summed E-state index contributed by atoms with van der Waals surface area (Å²) in [5.74, 6) is 1.76. The second kappa shape index (κ2) is 5.31. The molecule has 0 amide bonds. The van der Waals surface area contributed by atoms with E-state index in [0.29, 0.717) is 36.4 Å². The number of hydrogen-bond acceptors (Lipinski definition) is 6. The van der Waals surface area contributed by atoms with Crippen molar-refractivity contribution in [2.75, 3.05) is 36.9 Å². The Kier molecular flexibility index (Phi) is 3.16. The zero-order valence-electron chi connectivity index (χ0n) is 12.0. The average Bonchev–Trinajstić information content (AvgIpc) is 2.99. The molecule has 0 atom stereocenters. The van der Waals surface area contributed by atoms with Crippen LogP contribution in [0.2, 0.25) is 0 Å². The molecule has 2 aromatic heterocycles. The Morgan fingerprint density at radius 3 is 2.68 bits per heavy atom. The number of para-hydroxylation sites is 1. The predicted molar refractivity (Wildman–Crippen MR) is 84.7 cm³/mol. The lowest BCUT2D eigenvalue weighted by atomic mass is 10.2. The molecule has 0 saturated carbocycles. The number of rotatable bonds is 2. The summed E-state index contributed by atoms with van der Waals surface area (Å²) < 4.78 is 11.2. The molecule has 0 bridgehead atoms. The fraction of sp³-hybridized carbons (Fsp3) is 0.250. The molecule has 1 fully saturated rings. The van der Waals surface area contributed by atoms with Gasteiger partial charge in [0.25, 0.3) is 0 Å². The first kappa shape index (κ1) is 13.1. The number of furan rings is 1. The first-order valence-electron chi connectivity index (χ1n) is 7.26. The number of hydrogen-bond donors (Lipinski definition) is 1. The number of aromatic nitrogens is 2. The highest BCUT2D eigenvalue weighted by atomic mass is 16.5. The van der Waals surface area contributed by atoms with E-state index >= 15 is 0 Å². The van der Waals surface area contributed by atoms with E-state index in [1.54, 1.807) is 6.07 Å². The summed E-state index contributed by atoms with van der Waals surface area (Å²) >= 11 is 0. The third kappa shape index (κ3) is 2.37. The van der Waals surface area contributed by atoms with Crippen LogP contribution in [-0.4, -0.2) is 36.3 Å². The van der Waals surface area contributed by atoms with Gasteiger partial charge in [-0.1, -0.05) is 18.2 Å². The highest BCUT2D eigenvalue weighted by molar-refractivity contribution is 5.82. The van der Waals surface area contributed by atoms with Gasteiger partial charge < -0.3 is 19.8 Å². The van der Waals surface area contributed by atoms with E-state index in [1.165, 1.54) is 0 Å². The second-order valence-corrected chi connectivity index (χ2v) is 5.23. The lowest BCUT2D eigenvalue weighted by Gasteiger charge is -2.26. The molecule has 1 saturated heterocycles. The third-order valence-electron chi connectivity index (χ3n) is 3.71. The van der Waals surface area contributed by atoms with Gasteiger partial charge in [0.15, 0.2) is 5.76 Å². The van der Waals surface area contributed by atoms with Crippen LogP contribution in [0.1, 0.15) is 0 Å². The van der Waals surface area contributed by atoms with Crippen molar-refractivity contribution in [3.05, 3.63) is 36.4 Å². The predicted octanol–water partition coefficient (Wildman–Crippen LogP) is 2.31. The maximum absolute atomic E-state index is 5.95. The molecule has 3 heterocycles.